The molecule has 0 heterocycles. The number of nitrogens with zero attached hydrogens (tertiary/aromatic N) is 1. The predicted molar refractivity (Wildman–Crippen MR) is 70.0 cm³/mol. The molecule has 0 aliphatic heterocycles. The Morgan fingerprint density at radius 1 is 1.56 bits per heavy atom. The van der Waals surface area contributed by atoms with E-state index in [0.29, 0.717) is 19.2 Å². The van der Waals surface area contributed by atoms with Crippen molar-refractivity contribution < 1.29 is 9.53 Å². The molecule has 96 valence electrons. The zero-order valence-corrected chi connectivity index (χ0v) is 11.6. The fourth-order valence-corrected chi connectivity index (χ4v) is 1.80. The summed E-state index contributed by atoms with van der Waals surface area (Å²) in [6.07, 6.45) is 3.13. The van der Waals surface area contributed by atoms with Crippen LogP contribution in [0.2, 0.25) is 0 Å². The van der Waals surface area contributed by atoms with E-state index in [1.165, 1.54) is 0 Å². The molecule has 0 aromatic carbocycles. The maximum absolute atomic E-state index is 11.7. The summed E-state index contributed by atoms with van der Waals surface area (Å²) in [4.78, 5) is 13.5. The Hall–Kier alpha value is -0.260. The molecule has 0 fully saturated rings. The van der Waals surface area contributed by atoms with Gasteiger partial charge in [0.15, 0.2) is 0 Å². The molecule has 0 radical (unpaired) electrons. The van der Waals surface area contributed by atoms with Gasteiger partial charge in [-0.15, -0.1) is 0 Å². The summed E-state index contributed by atoms with van der Waals surface area (Å²) in [5.74, 6) is 1.24. The molecule has 1 N–H and O–H groups in total. The number of carbonyl (C=O) groups excluding carboxylic acids is 1. The summed E-state index contributed by atoms with van der Waals surface area (Å²) in [5, 5.41) is 3.06. The van der Waals surface area contributed by atoms with Crippen molar-refractivity contribution in [2.45, 2.75) is 19.4 Å². The van der Waals surface area contributed by atoms with Gasteiger partial charge in [0.1, 0.15) is 0 Å². The van der Waals surface area contributed by atoms with Gasteiger partial charge in [0.05, 0.1) is 13.2 Å². The molecule has 1 atom stereocenters. The van der Waals surface area contributed by atoms with E-state index in [9.17, 15) is 4.79 Å². The molecule has 0 aliphatic carbocycles. The van der Waals surface area contributed by atoms with E-state index < -0.39 is 0 Å². The molecular formula is C11H24N2O2S. The highest BCUT2D eigenvalue weighted by molar-refractivity contribution is 7.98. The molecule has 0 aromatic heterocycles. The third kappa shape index (κ3) is 7.09. The summed E-state index contributed by atoms with van der Waals surface area (Å²) >= 11 is 1.81. The van der Waals surface area contributed by atoms with Gasteiger partial charge < -0.3 is 15.0 Å². The van der Waals surface area contributed by atoms with E-state index in [0.717, 1.165) is 18.7 Å². The molecule has 0 aromatic rings. The maximum Gasteiger partial charge on any atom is 0.236 e. The van der Waals surface area contributed by atoms with Crippen molar-refractivity contribution >= 4 is 17.7 Å². The van der Waals surface area contributed by atoms with E-state index in [-0.39, 0.29) is 5.91 Å². The Morgan fingerprint density at radius 3 is 2.81 bits per heavy atom. The Bertz CT molecular complexity index is 191. The van der Waals surface area contributed by atoms with Gasteiger partial charge in [-0.1, -0.05) is 0 Å². The van der Waals surface area contributed by atoms with Gasteiger partial charge in [0, 0.05) is 26.7 Å². The molecule has 1 amide bonds. The Balaban J connectivity index is 3.70. The van der Waals surface area contributed by atoms with Crippen LogP contribution in [0.3, 0.4) is 0 Å². The molecule has 0 rings (SSSR count). The van der Waals surface area contributed by atoms with Crippen LogP contribution in [-0.2, 0) is 9.53 Å². The number of methoxy groups -OCH3 is 1. The summed E-state index contributed by atoms with van der Waals surface area (Å²) in [7, 11) is 3.52. The zero-order chi connectivity index (χ0) is 12.4. The largest absolute Gasteiger partial charge is 0.383 e. The molecule has 0 bridgehead atoms. The lowest BCUT2D eigenvalue weighted by molar-refractivity contribution is -0.130. The average molecular weight is 248 g/mol. The molecule has 4 nitrogen and oxygen atoms in total. The molecule has 5 heteroatoms. The fraction of sp³-hybridized carbons (Fsp3) is 0.909. The number of hydrogen-bond donors (Lipinski definition) is 1. The number of likely N-dealkylation sites (N-methyl/N-ethyl adjacent to an activating group) is 1. The second kappa shape index (κ2) is 9.93. The predicted octanol–water partition coefficient (Wildman–Crippen LogP) is 0.822. The van der Waals surface area contributed by atoms with Crippen LogP contribution < -0.4 is 5.32 Å². The van der Waals surface area contributed by atoms with Crippen molar-refractivity contribution in [3.63, 3.8) is 0 Å². The van der Waals surface area contributed by atoms with Crippen LogP contribution >= 0.6 is 11.8 Å². The van der Waals surface area contributed by atoms with E-state index >= 15 is 0 Å². The van der Waals surface area contributed by atoms with Gasteiger partial charge in [-0.05, 0) is 25.4 Å². The lowest BCUT2D eigenvalue weighted by atomic mass is 10.2. The summed E-state index contributed by atoms with van der Waals surface area (Å²) in [6, 6.07) is 0.309. The number of thioether (sulfide) groups is 1. The summed E-state index contributed by atoms with van der Waals surface area (Å²) in [6.45, 7) is 3.83. The highest BCUT2D eigenvalue weighted by Crippen LogP contribution is 2.05. The minimum atomic E-state index is 0.143. The van der Waals surface area contributed by atoms with Crippen LogP contribution in [0, 0.1) is 0 Å². The van der Waals surface area contributed by atoms with Crippen molar-refractivity contribution in [2.24, 2.45) is 0 Å². The standard InChI is InChI=1S/C11H24N2O2S/c1-10(5-8-16-4)13(2)11(14)9-12-6-7-15-3/h10,12H,5-9H2,1-4H3. The second-order valence-corrected chi connectivity index (χ2v) is 4.79. The molecule has 0 aliphatic rings. The van der Waals surface area contributed by atoms with Crippen molar-refractivity contribution in [1.82, 2.24) is 10.2 Å². The van der Waals surface area contributed by atoms with E-state index in [1.54, 1.807) is 7.11 Å². The molecule has 0 saturated heterocycles. The number of amides is 1. The van der Waals surface area contributed by atoms with E-state index in [1.807, 2.05) is 23.7 Å². The maximum atomic E-state index is 11.7. The summed E-state index contributed by atoms with van der Waals surface area (Å²) < 4.78 is 4.89. The van der Waals surface area contributed by atoms with Gasteiger partial charge in [0.25, 0.3) is 0 Å². The highest BCUT2D eigenvalue weighted by Gasteiger charge is 2.14. The number of nitrogens with one attached hydrogen (secondary N) is 1. The lowest BCUT2D eigenvalue weighted by Crippen LogP contribution is -2.41. The van der Waals surface area contributed by atoms with Crippen LogP contribution in [0.15, 0.2) is 0 Å². The van der Waals surface area contributed by atoms with Crippen molar-refractivity contribution in [3.05, 3.63) is 0 Å². The Labute approximate surface area is 103 Å². The minimum absolute atomic E-state index is 0.143. The molecule has 0 saturated carbocycles. The quantitative estimate of drug-likeness (QED) is 0.614. The molecule has 0 spiro atoms. The van der Waals surface area contributed by atoms with Gasteiger partial charge >= 0.3 is 0 Å². The molecule has 1 unspecified atom stereocenters. The number of carbonyl (C=O) groups is 1. The molecule has 16 heavy (non-hydrogen) atoms. The SMILES string of the molecule is COCCNCC(=O)N(C)C(C)CCSC. The highest BCUT2D eigenvalue weighted by atomic mass is 32.2. The first-order valence-corrected chi connectivity index (χ1v) is 6.97. The van der Waals surface area contributed by atoms with Crippen molar-refractivity contribution in [2.75, 3.05) is 45.9 Å². The van der Waals surface area contributed by atoms with Crippen LogP contribution in [0.5, 0.6) is 0 Å². The normalized spacial score (nSPS) is 12.5. The van der Waals surface area contributed by atoms with Crippen LogP contribution in [-0.4, -0.2) is 62.7 Å². The first-order chi connectivity index (χ1) is 7.63. The van der Waals surface area contributed by atoms with Gasteiger partial charge in [-0.25, -0.2) is 0 Å². The van der Waals surface area contributed by atoms with Gasteiger partial charge in [-0.3, -0.25) is 4.79 Å². The van der Waals surface area contributed by atoms with Crippen molar-refractivity contribution in [1.29, 1.82) is 0 Å². The summed E-state index contributed by atoms with van der Waals surface area (Å²) in [5.41, 5.74) is 0. The Morgan fingerprint density at radius 2 is 2.25 bits per heavy atom. The Kier molecular flexibility index (Phi) is 9.77. The van der Waals surface area contributed by atoms with Crippen LogP contribution in [0.4, 0.5) is 0 Å². The van der Waals surface area contributed by atoms with Crippen LogP contribution in [0.1, 0.15) is 13.3 Å². The third-order valence-corrected chi connectivity index (χ3v) is 3.20. The second-order valence-electron chi connectivity index (χ2n) is 3.80. The first-order valence-electron chi connectivity index (χ1n) is 5.57. The smallest absolute Gasteiger partial charge is 0.236 e. The third-order valence-electron chi connectivity index (χ3n) is 2.55. The average Bonchev–Trinajstić information content (AvgIpc) is 2.30. The van der Waals surface area contributed by atoms with Crippen molar-refractivity contribution in [3.8, 4) is 0 Å². The minimum Gasteiger partial charge on any atom is -0.383 e. The molecular weight excluding hydrogens is 224 g/mol. The van der Waals surface area contributed by atoms with E-state index in [4.69, 9.17) is 4.74 Å². The van der Waals surface area contributed by atoms with E-state index in [2.05, 4.69) is 18.5 Å². The van der Waals surface area contributed by atoms with Crippen LogP contribution in [0.25, 0.3) is 0 Å². The number of ether oxygens (including phenoxy) is 1. The number of hydrogen-bond acceptors (Lipinski definition) is 4. The number of rotatable bonds is 9. The zero-order valence-electron chi connectivity index (χ0n) is 10.8. The topological polar surface area (TPSA) is 41.6 Å². The van der Waals surface area contributed by atoms with Gasteiger partial charge in [0.2, 0.25) is 5.91 Å². The first kappa shape index (κ1) is 15.7. The lowest BCUT2D eigenvalue weighted by Gasteiger charge is -2.25. The monoisotopic (exact) mass is 248 g/mol. The van der Waals surface area contributed by atoms with Gasteiger partial charge in [-0.2, -0.15) is 11.8 Å². The fourth-order valence-electron chi connectivity index (χ4n) is 1.22.